The number of nitrogens with zero attached hydrogens (tertiary/aromatic N) is 2. The number of hydrogen-bond donors (Lipinski definition) is 2. The van der Waals surface area contributed by atoms with Crippen LogP contribution in [0.15, 0.2) is 67.1 Å². The molecule has 0 spiro atoms. The second-order valence-corrected chi connectivity index (χ2v) is 5.68. The van der Waals surface area contributed by atoms with Gasteiger partial charge in [-0.2, -0.15) is 13.2 Å². The van der Waals surface area contributed by atoms with Crippen LogP contribution in [0.25, 0.3) is 0 Å². The van der Waals surface area contributed by atoms with Gasteiger partial charge < -0.3 is 10.6 Å². The number of carbonyl (C=O) groups excluding carboxylic acids is 1. The van der Waals surface area contributed by atoms with Gasteiger partial charge in [0.05, 0.1) is 11.1 Å². The molecule has 0 aliphatic heterocycles. The first-order valence-corrected chi connectivity index (χ1v) is 7.99. The maximum atomic E-state index is 12.6. The van der Waals surface area contributed by atoms with Crippen LogP contribution in [0.1, 0.15) is 21.5 Å². The molecule has 0 unspecified atom stereocenters. The lowest BCUT2D eigenvalue weighted by Gasteiger charge is -2.09. The van der Waals surface area contributed by atoms with E-state index in [-0.39, 0.29) is 5.69 Å². The Morgan fingerprint density at radius 1 is 1.00 bits per heavy atom. The Labute approximate surface area is 153 Å². The van der Waals surface area contributed by atoms with E-state index in [1.165, 1.54) is 18.3 Å². The van der Waals surface area contributed by atoms with Crippen molar-refractivity contribution >= 4 is 17.4 Å². The van der Waals surface area contributed by atoms with Gasteiger partial charge in [-0.3, -0.25) is 9.78 Å². The molecular weight excluding hydrogens is 357 g/mol. The zero-order valence-electron chi connectivity index (χ0n) is 14.0. The molecule has 0 atom stereocenters. The Morgan fingerprint density at radius 2 is 1.78 bits per heavy atom. The van der Waals surface area contributed by atoms with Crippen LogP contribution < -0.4 is 10.6 Å². The Morgan fingerprint density at radius 3 is 2.37 bits per heavy atom. The molecule has 1 amide bonds. The summed E-state index contributed by atoms with van der Waals surface area (Å²) in [4.78, 5) is 20.4. The molecule has 2 aromatic heterocycles. The summed E-state index contributed by atoms with van der Waals surface area (Å²) in [6.45, 7) is 0.540. The minimum absolute atomic E-state index is 0.270. The van der Waals surface area contributed by atoms with Gasteiger partial charge in [-0.15, -0.1) is 0 Å². The Bertz CT molecular complexity index is 895. The monoisotopic (exact) mass is 372 g/mol. The summed E-state index contributed by atoms with van der Waals surface area (Å²) in [5.74, 6) is 0.131. The summed E-state index contributed by atoms with van der Waals surface area (Å²) in [7, 11) is 0. The summed E-state index contributed by atoms with van der Waals surface area (Å²) >= 11 is 0. The van der Waals surface area contributed by atoms with E-state index in [1.807, 2.05) is 12.1 Å². The fourth-order valence-corrected chi connectivity index (χ4v) is 2.27. The standard InChI is InChI=1S/C19H15F3N4O/c20-19(21,22)15-4-6-16(7-5-15)26-18(27)14-3-8-17(25-12-14)24-11-13-2-1-9-23-10-13/h1-10,12H,11H2,(H,24,25)(H,26,27). The zero-order valence-corrected chi connectivity index (χ0v) is 14.0. The third-order valence-electron chi connectivity index (χ3n) is 3.69. The molecule has 27 heavy (non-hydrogen) atoms. The second kappa shape index (κ2) is 7.86. The average Bonchev–Trinajstić information content (AvgIpc) is 2.67. The van der Waals surface area contributed by atoms with Crippen molar-refractivity contribution in [3.8, 4) is 0 Å². The van der Waals surface area contributed by atoms with Crippen LogP contribution in [0, 0.1) is 0 Å². The minimum atomic E-state index is -4.41. The van der Waals surface area contributed by atoms with Crippen LogP contribution >= 0.6 is 0 Å². The molecule has 2 N–H and O–H groups in total. The smallest absolute Gasteiger partial charge is 0.366 e. The molecule has 0 aliphatic carbocycles. The number of halogens is 3. The largest absolute Gasteiger partial charge is 0.416 e. The van der Waals surface area contributed by atoms with Crippen molar-refractivity contribution < 1.29 is 18.0 Å². The number of alkyl halides is 3. The Kier molecular flexibility index (Phi) is 5.35. The fraction of sp³-hybridized carbons (Fsp3) is 0.105. The highest BCUT2D eigenvalue weighted by atomic mass is 19.4. The van der Waals surface area contributed by atoms with Crippen LogP contribution in [0.3, 0.4) is 0 Å². The van der Waals surface area contributed by atoms with Gasteiger partial charge in [0.1, 0.15) is 5.82 Å². The third kappa shape index (κ3) is 5.04. The number of anilines is 2. The van der Waals surface area contributed by atoms with Crippen LogP contribution in [0.2, 0.25) is 0 Å². The summed E-state index contributed by atoms with van der Waals surface area (Å²) < 4.78 is 37.7. The molecule has 0 bridgehead atoms. The summed E-state index contributed by atoms with van der Waals surface area (Å²) in [5.41, 5.74) is 0.781. The number of nitrogens with one attached hydrogen (secondary N) is 2. The predicted molar refractivity (Wildman–Crippen MR) is 95.2 cm³/mol. The van der Waals surface area contributed by atoms with E-state index in [1.54, 1.807) is 24.5 Å². The molecule has 3 aromatic rings. The van der Waals surface area contributed by atoms with E-state index in [9.17, 15) is 18.0 Å². The summed E-state index contributed by atoms with van der Waals surface area (Å²) in [6.07, 6.45) is 0.404. The van der Waals surface area contributed by atoms with Crippen LogP contribution in [-0.2, 0) is 12.7 Å². The highest BCUT2D eigenvalue weighted by Crippen LogP contribution is 2.29. The van der Waals surface area contributed by atoms with E-state index in [2.05, 4.69) is 20.6 Å². The molecule has 2 heterocycles. The molecule has 5 nitrogen and oxygen atoms in total. The number of pyridine rings is 2. The summed E-state index contributed by atoms with van der Waals surface area (Å²) in [5, 5.41) is 5.65. The van der Waals surface area contributed by atoms with Gasteiger partial charge in [-0.1, -0.05) is 6.07 Å². The topological polar surface area (TPSA) is 66.9 Å². The third-order valence-corrected chi connectivity index (χ3v) is 3.69. The molecule has 0 fully saturated rings. The lowest BCUT2D eigenvalue weighted by molar-refractivity contribution is -0.137. The van der Waals surface area contributed by atoms with Gasteiger partial charge in [0.25, 0.3) is 5.91 Å². The molecule has 0 saturated carbocycles. The van der Waals surface area contributed by atoms with Crippen molar-refractivity contribution in [3.05, 3.63) is 83.8 Å². The van der Waals surface area contributed by atoms with E-state index in [0.717, 1.165) is 17.7 Å². The van der Waals surface area contributed by atoms with Gasteiger partial charge in [0.15, 0.2) is 0 Å². The van der Waals surface area contributed by atoms with Crippen LogP contribution in [-0.4, -0.2) is 15.9 Å². The number of amides is 1. The number of hydrogen-bond acceptors (Lipinski definition) is 4. The van der Waals surface area contributed by atoms with Crippen molar-refractivity contribution in [1.82, 2.24) is 9.97 Å². The van der Waals surface area contributed by atoms with Crippen LogP contribution in [0.4, 0.5) is 24.7 Å². The number of carbonyl (C=O) groups is 1. The minimum Gasteiger partial charge on any atom is -0.366 e. The molecule has 138 valence electrons. The molecular formula is C19H15F3N4O. The zero-order chi connectivity index (χ0) is 19.3. The van der Waals surface area contributed by atoms with Crippen molar-refractivity contribution in [2.75, 3.05) is 10.6 Å². The SMILES string of the molecule is O=C(Nc1ccc(C(F)(F)F)cc1)c1ccc(NCc2cccnc2)nc1. The molecule has 0 radical (unpaired) electrons. The van der Waals surface area contributed by atoms with Gasteiger partial charge in [-0.05, 0) is 48.0 Å². The van der Waals surface area contributed by atoms with Gasteiger partial charge >= 0.3 is 6.18 Å². The number of rotatable bonds is 5. The van der Waals surface area contributed by atoms with Crippen molar-refractivity contribution in [2.45, 2.75) is 12.7 Å². The maximum Gasteiger partial charge on any atom is 0.416 e. The molecule has 0 aliphatic rings. The highest BCUT2D eigenvalue weighted by molar-refractivity contribution is 6.04. The van der Waals surface area contributed by atoms with Gasteiger partial charge in [-0.25, -0.2) is 4.98 Å². The first-order chi connectivity index (χ1) is 12.9. The molecule has 8 heteroatoms. The lowest BCUT2D eigenvalue weighted by atomic mass is 10.2. The lowest BCUT2D eigenvalue weighted by Crippen LogP contribution is -2.13. The predicted octanol–water partition coefficient (Wildman–Crippen LogP) is 4.36. The normalized spacial score (nSPS) is 11.1. The van der Waals surface area contributed by atoms with Gasteiger partial charge in [0.2, 0.25) is 0 Å². The molecule has 1 aromatic carbocycles. The highest BCUT2D eigenvalue weighted by Gasteiger charge is 2.29. The van der Waals surface area contributed by atoms with E-state index in [4.69, 9.17) is 0 Å². The number of aromatic nitrogens is 2. The first kappa shape index (κ1) is 18.4. The van der Waals surface area contributed by atoms with E-state index < -0.39 is 17.6 Å². The van der Waals surface area contributed by atoms with Crippen LogP contribution in [0.5, 0.6) is 0 Å². The van der Waals surface area contributed by atoms with E-state index in [0.29, 0.717) is 17.9 Å². The Hall–Kier alpha value is -3.42. The van der Waals surface area contributed by atoms with Gasteiger partial charge in [0, 0.05) is 30.8 Å². The Balaban J connectivity index is 1.58. The van der Waals surface area contributed by atoms with Crippen molar-refractivity contribution in [3.63, 3.8) is 0 Å². The average molecular weight is 372 g/mol. The van der Waals surface area contributed by atoms with E-state index >= 15 is 0 Å². The van der Waals surface area contributed by atoms with Crippen molar-refractivity contribution in [2.24, 2.45) is 0 Å². The first-order valence-electron chi connectivity index (χ1n) is 7.99. The van der Waals surface area contributed by atoms with Crippen molar-refractivity contribution in [1.29, 1.82) is 0 Å². The maximum absolute atomic E-state index is 12.6. The molecule has 0 saturated heterocycles. The molecule has 3 rings (SSSR count). The fourth-order valence-electron chi connectivity index (χ4n) is 2.27. The second-order valence-electron chi connectivity index (χ2n) is 5.68. The summed E-state index contributed by atoms with van der Waals surface area (Å²) in [6, 6.07) is 11.2. The quantitative estimate of drug-likeness (QED) is 0.698. The number of benzene rings is 1.